The van der Waals surface area contributed by atoms with E-state index >= 15 is 0 Å². The molecule has 0 bridgehead atoms. The van der Waals surface area contributed by atoms with E-state index in [1.807, 2.05) is 0 Å². The summed E-state index contributed by atoms with van der Waals surface area (Å²) in [6, 6.07) is 10.1. The number of nitrogens with one attached hydrogen (secondary N) is 3. The number of anilines is 1. The van der Waals surface area contributed by atoms with Gasteiger partial charge in [-0.3, -0.25) is 25.2 Å². The van der Waals surface area contributed by atoms with Crippen LogP contribution in [0.15, 0.2) is 47.4 Å². The zero-order valence-electron chi connectivity index (χ0n) is 14.2. The average Bonchev–Trinajstić information content (AvgIpc) is 2.66. The van der Waals surface area contributed by atoms with Crippen molar-refractivity contribution in [1.82, 2.24) is 10.9 Å². The molecule has 1 aliphatic rings. The van der Waals surface area contributed by atoms with Gasteiger partial charge in [-0.25, -0.2) is 4.39 Å². The van der Waals surface area contributed by atoms with Crippen molar-refractivity contribution in [2.45, 2.75) is 17.9 Å². The van der Waals surface area contributed by atoms with Gasteiger partial charge in [0.25, 0.3) is 11.8 Å². The van der Waals surface area contributed by atoms with Crippen LogP contribution in [0.5, 0.6) is 5.75 Å². The Bertz CT molecular complexity index is 889. The number of benzene rings is 2. The van der Waals surface area contributed by atoms with Gasteiger partial charge in [-0.1, -0.05) is 0 Å². The number of halogens is 1. The summed E-state index contributed by atoms with van der Waals surface area (Å²) < 4.78 is 18.2. The van der Waals surface area contributed by atoms with E-state index in [1.54, 1.807) is 18.2 Å². The minimum Gasteiger partial charge on any atom is -0.481 e. The van der Waals surface area contributed by atoms with Crippen molar-refractivity contribution in [3.63, 3.8) is 0 Å². The third kappa shape index (κ3) is 4.76. The smallest absolute Gasteiger partial charge is 0.279 e. The van der Waals surface area contributed by atoms with Crippen molar-refractivity contribution in [3.8, 4) is 5.75 Å². The van der Waals surface area contributed by atoms with Gasteiger partial charge in [-0.2, -0.15) is 0 Å². The van der Waals surface area contributed by atoms with Crippen LogP contribution in [-0.4, -0.2) is 29.6 Å². The van der Waals surface area contributed by atoms with Crippen LogP contribution in [0, 0.1) is 5.82 Å². The number of thioether (sulfide) groups is 1. The Morgan fingerprint density at radius 3 is 2.67 bits per heavy atom. The van der Waals surface area contributed by atoms with Crippen LogP contribution in [0.2, 0.25) is 0 Å². The van der Waals surface area contributed by atoms with Gasteiger partial charge in [0.15, 0.2) is 6.10 Å². The molecule has 0 fully saturated rings. The van der Waals surface area contributed by atoms with Gasteiger partial charge in [-0.05, 0) is 49.4 Å². The van der Waals surface area contributed by atoms with E-state index in [2.05, 4.69) is 16.2 Å². The number of hydrogen-bond donors (Lipinski definition) is 3. The predicted molar refractivity (Wildman–Crippen MR) is 97.9 cm³/mol. The molecule has 0 unspecified atom stereocenters. The minimum atomic E-state index is -0.907. The van der Waals surface area contributed by atoms with E-state index < -0.39 is 23.7 Å². The monoisotopic (exact) mass is 389 g/mol. The Labute approximate surface area is 158 Å². The lowest BCUT2D eigenvalue weighted by Crippen LogP contribution is -2.47. The summed E-state index contributed by atoms with van der Waals surface area (Å²) in [7, 11) is 0. The van der Waals surface area contributed by atoms with Crippen molar-refractivity contribution < 1.29 is 23.5 Å². The van der Waals surface area contributed by atoms with Crippen molar-refractivity contribution in [1.29, 1.82) is 0 Å². The summed E-state index contributed by atoms with van der Waals surface area (Å²) in [5.41, 5.74) is 5.41. The van der Waals surface area contributed by atoms with Gasteiger partial charge >= 0.3 is 0 Å². The number of carbonyl (C=O) groups excluding carboxylic acids is 3. The van der Waals surface area contributed by atoms with Gasteiger partial charge in [0.05, 0.1) is 11.4 Å². The highest BCUT2D eigenvalue weighted by Crippen LogP contribution is 2.31. The highest BCUT2D eigenvalue weighted by atomic mass is 32.2. The maximum atomic E-state index is 12.9. The van der Waals surface area contributed by atoms with Crippen molar-refractivity contribution >= 4 is 35.2 Å². The maximum absolute atomic E-state index is 12.9. The number of fused-ring (bicyclic) bond motifs is 1. The molecule has 2 aromatic carbocycles. The molecule has 7 nitrogen and oxygen atoms in total. The second kappa shape index (κ2) is 8.09. The fourth-order valence-corrected chi connectivity index (χ4v) is 3.08. The summed E-state index contributed by atoms with van der Waals surface area (Å²) in [6.45, 7) is 1.50. The molecular weight excluding hydrogens is 373 g/mol. The molecule has 1 atom stereocenters. The molecule has 3 rings (SSSR count). The largest absolute Gasteiger partial charge is 0.481 e. The second-order valence-electron chi connectivity index (χ2n) is 5.71. The Hall–Kier alpha value is -3.07. The molecule has 0 radical (unpaired) electrons. The van der Waals surface area contributed by atoms with Crippen LogP contribution in [0.25, 0.3) is 0 Å². The van der Waals surface area contributed by atoms with Crippen LogP contribution >= 0.6 is 11.8 Å². The SMILES string of the molecule is C[C@H](Oc1ccc(F)cc1)C(=O)NNC(=O)c1ccc2c(c1)NC(=O)CS2. The first-order chi connectivity index (χ1) is 12.9. The number of hydrogen-bond acceptors (Lipinski definition) is 5. The van der Waals surface area contributed by atoms with Crippen LogP contribution in [0.3, 0.4) is 0 Å². The van der Waals surface area contributed by atoms with E-state index in [4.69, 9.17) is 4.74 Å². The zero-order valence-corrected chi connectivity index (χ0v) is 15.1. The van der Waals surface area contributed by atoms with Gasteiger partial charge in [0.1, 0.15) is 11.6 Å². The molecule has 3 N–H and O–H groups in total. The van der Waals surface area contributed by atoms with Crippen molar-refractivity contribution in [2.24, 2.45) is 0 Å². The van der Waals surface area contributed by atoms with E-state index in [1.165, 1.54) is 43.0 Å². The van der Waals surface area contributed by atoms with Crippen LogP contribution in [0.1, 0.15) is 17.3 Å². The maximum Gasteiger partial charge on any atom is 0.279 e. The Morgan fingerprint density at radius 1 is 1.19 bits per heavy atom. The molecule has 0 saturated heterocycles. The fraction of sp³-hybridized carbons (Fsp3) is 0.167. The molecule has 2 aromatic rings. The molecule has 1 aliphatic heterocycles. The fourth-order valence-electron chi connectivity index (χ4n) is 2.29. The lowest BCUT2D eigenvalue weighted by molar-refractivity contribution is -0.128. The quantitative estimate of drug-likeness (QED) is 0.696. The van der Waals surface area contributed by atoms with E-state index in [0.717, 1.165) is 4.90 Å². The number of hydrazine groups is 1. The number of ether oxygens (including phenoxy) is 1. The van der Waals surface area contributed by atoms with Crippen molar-refractivity contribution in [3.05, 3.63) is 53.8 Å². The first-order valence-corrected chi connectivity index (χ1v) is 9.00. The highest BCUT2D eigenvalue weighted by molar-refractivity contribution is 8.00. The lowest BCUT2D eigenvalue weighted by atomic mass is 10.2. The average molecular weight is 389 g/mol. The number of amides is 3. The lowest BCUT2D eigenvalue weighted by Gasteiger charge is -2.17. The van der Waals surface area contributed by atoms with Gasteiger partial charge in [-0.15, -0.1) is 11.8 Å². The third-order valence-electron chi connectivity index (χ3n) is 3.67. The van der Waals surface area contributed by atoms with Crippen LogP contribution < -0.4 is 20.9 Å². The molecule has 9 heteroatoms. The molecule has 0 aromatic heterocycles. The van der Waals surface area contributed by atoms with E-state index in [0.29, 0.717) is 17.2 Å². The van der Waals surface area contributed by atoms with Gasteiger partial charge < -0.3 is 10.1 Å². The molecule has 0 aliphatic carbocycles. The number of rotatable bonds is 4. The standard InChI is InChI=1S/C18H16FN3O4S/c1-10(26-13-5-3-12(19)4-6-13)17(24)21-22-18(25)11-2-7-15-14(8-11)20-16(23)9-27-15/h2-8,10H,9H2,1H3,(H,20,23)(H,21,24)(H,22,25)/t10-/m0/s1. The summed E-state index contributed by atoms with van der Waals surface area (Å²) in [4.78, 5) is 36.6. The molecular formula is C18H16FN3O4S. The molecule has 27 heavy (non-hydrogen) atoms. The van der Waals surface area contributed by atoms with Crippen LogP contribution in [0.4, 0.5) is 10.1 Å². The van der Waals surface area contributed by atoms with E-state index in [9.17, 15) is 18.8 Å². The van der Waals surface area contributed by atoms with Crippen LogP contribution in [-0.2, 0) is 9.59 Å². The third-order valence-corrected chi connectivity index (χ3v) is 4.74. The first kappa shape index (κ1) is 18.7. The van der Waals surface area contributed by atoms with Gasteiger partial charge in [0, 0.05) is 10.5 Å². The predicted octanol–water partition coefficient (Wildman–Crippen LogP) is 2.10. The summed E-state index contributed by atoms with van der Waals surface area (Å²) in [5, 5.41) is 2.70. The topological polar surface area (TPSA) is 96.5 Å². The zero-order chi connectivity index (χ0) is 19.4. The van der Waals surface area contributed by atoms with E-state index in [-0.39, 0.29) is 11.5 Å². The molecule has 3 amide bonds. The Morgan fingerprint density at radius 2 is 1.93 bits per heavy atom. The summed E-state index contributed by atoms with van der Waals surface area (Å²) >= 11 is 1.39. The first-order valence-electron chi connectivity index (χ1n) is 8.01. The molecule has 140 valence electrons. The van der Waals surface area contributed by atoms with Gasteiger partial charge in [0.2, 0.25) is 5.91 Å². The van der Waals surface area contributed by atoms with Crippen molar-refractivity contribution in [2.75, 3.05) is 11.1 Å². The molecule has 0 saturated carbocycles. The number of carbonyl (C=O) groups is 3. The summed E-state index contributed by atoms with van der Waals surface area (Å²) in [5.74, 6) is -0.996. The summed E-state index contributed by atoms with van der Waals surface area (Å²) in [6.07, 6.45) is -0.907. The minimum absolute atomic E-state index is 0.134. The normalized spacial score (nSPS) is 13.8. The highest BCUT2D eigenvalue weighted by Gasteiger charge is 2.19. The Kier molecular flexibility index (Phi) is 5.60. The molecule has 1 heterocycles. The second-order valence-corrected chi connectivity index (χ2v) is 6.72. The molecule has 0 spiro atoms. The Balaban J connectivity index is 1.55.